The van der Waals surface area contributed by atoms with E-state index < -0.39 is 24.0 Å². The van der Waals surface area contributed by atoms with Gasteiger partial charge in [-0.15, -0.1) is 11.3 Å². The van der Waals surface area contributed by atoms with Crippen LogP contribution in [0.2, 0.25) is 0 Å². The van der Waals surface area contributed by atoms with Crippen molar-refractivity contribution in [2.75, 3.05) is 38.6 Å². The summed E-state index contributed by atoms with van der Waals surface area (Å²) in [5, 5.41) is 15.3. The fourth-order valence-electron chi connectivity index (χ4n) is 7.77. The summed E-state index contributed by atoms with van der Waals surface area (Å²) in [4.78, 5) is 53.9. The van der Waals surface area contributed by atoms with E-state index in [0.29, 0.717) is 10.7 Å². The second-order valence-electron chi connectivity index (χ2n) is 16.2. The monoisotopic (exact) mass is 730 g/mol. The fraction of sp³-hybridized carbons (Fsp3) is 0.585. The predicted molar refractivity (Wildman–Crippen MR) is 209 cm³/mol. The van der Waals surface area contributed by atoms with E-state index >= 15 is 0 Å². The molecule has 2 aromatic heterocycles. The fourth-order valence-corrected chi connectivity index (χ4v) is 8.74. The summed E-state index contributed by atoms with van der Waals surface area (Å²) in [6.07, 6.45) is 14.9. The molecule has 52 heavy (non-hydrogen) atoms. The van der Waals surface area contributed by atoms with Crippen molar-refractivity contribution in [1.82, 2.24) is 25.5 Å². The first-order chi connectivity index (χ1) is 24.8. The molecule has 3 N–H and O–H groups in total. The topological polar surface area (TPSA) is 128 Å². The number of anilines is 1. The number of nitrogens with one attached hydrogen (secondary N) is 2. The molecule has 2 atom stereocenters. The number of carbonyl (C=O) groups excluding carboxylic acids is 2. The van der Waals surface area contributed by atoms with Gasteiger partial charge >= 0.3 is 5.97 Å². The number of hydrogen-bond donors (Lipinski definition) is 3. The lowest BCUT2D eigenvalue weighted by molar-refractivity contribution is -0.142. The number of carboxylic acids is 1. The molecule has 1 aliphatic heterocycles. The lowest BCUT2D eigenvalue weighted by Gasteiger charge is -2.39. The third-order valence-corrected chi connectivity index (χ3v) is 12.3. The van der Waals surface area contributed by atoms with Gasteiger partial charge in [0.15, 0.2) is 5.82 Å². The number of likely N-dealkylation sites (N-methyl/N-ethyl adjacent to an activating group) is 1. The molecule has 3 aromatic rings. The van der Waals surface area contributed by atoms with Gasteiger partial charge in [0.1, 0.15) is 12.1 Å². The number of aromatic nitrogens is 2. The van der Waals surface area contributed by atoms with Gasteiger partial charge in [-0.25, -0.2) is 14.8 Å². The first-order valence-electron chi connectivity index (χ1n) is 19.1. The molecule has 11 heteroatoms. The maximum atomic E-state index is 13.5. The molecular weight excluding hydrogens is 673 g/mol. The highest BCUT2D eigenvalue weighted by Gasteiger charge is 2.31. The van der Waals surface area contributed by atoms with Gasteiger partial charge in [0.25, 0.3) is 5.91 Å². The summed E-state index contributed by atoms with van der Waals surface area (Å²) < 4.78 is 0. The van der Waals surface area contributed by atoms with Crippen molar-refractivity contribution in [3.63, 3.8) is 0 Å². The van der Waals surface area contributed by atoms with Crippen LogP contribution >= 0.6 is 11.3 Å². The van der Waals surface area contributed by atoms with E-state index in [2.05, 4.69) is 43.2 Å². The quantitative estimate of drug-likeness (QED) is 0.165. The summed E-state index contributed by atoms with van der Waals surface area (Å²) >= 11 is 1.39. The molecule has 1 saturated carbocycles. The van der Waals surface area contributed by atoms with Gasteiger partial charge in [-0.3, -0.25) is 9.59 Å². The Balaban J connectivity index is 1.21. The van der Waals surface area contributed by atoms with Crippen LogP contribution in [0.4, 0.5) is 5.69 Å². The van der Waals surface area contributed by atoms with Crippen molar-refractivity contribution in [3.05, 3.63) is 64.1 Å². The Morgan fingerprint density at radius 1 is 0.904 bits per heavy atom. The Morgan fingerprint density at radius 3 is 2.10 bits per heavy atom. The number of nitrogens with zero attached hydrogens (tertiary/aromatic N) is 4. The van der Waals surface area contributed by atoms with Crippen LogP contribution in [0.3, 0.4) is 0 Å². The Morgan fingerprint density at radius 2 is 1.54 bits per heavy atom. The minimum Gasteiger partial charge on any atom is -0.480 e. The normalized spacial score (nSPS) is 19.6. The van der Waals surface area contributed by atoms with Crippen molar-refractivity contribution in [2.45, 2.75) is 103 Å². The van der Waals surface area contributed by atoms with Crippen LogP contribution < -0.4 is 15.5 Å². The Hall–Kier alpha value is -3.83. The van der Waals surface area contributed by atoms with Gasteiger partial charge in [-0.2, -0.15) is 0 Å². The molecule has 282 valence electrons. The third kappa shape index (κ3) is 10.6. The molecule has 10 nitrogen and oxygen atoms in total. The number of aliphatic carboxylic acids is 1. The van der Waals surface area contributed by atoms with Crippen LogP contribution in [-0.4, -0.2) is 83.6 Å². The van der Waals surface area contributed by atoms with E-state index in [1.807, 2.05) is 42.7 Å². The first-order valence-corrected chi connectivity index (χ1v) is 19.9. The molecule has 1 aliphatic carbocycles. The van der Waals surface area contributed by atoms with Gasteiger partial charge in [0.05, 0.1) is 23.0 Å². The molecule has 0 bridgehead atoms. The largest absolute Gasteiger partial charge is 0.480 e. The molecule has 0 spiro atoms. The zero-order chi connectivity index (χ0) is 37.4. The summed E-state index contributed by atoms with van der Waals surface area (Å²) in [5.74, 6) is 1.24. The number of benzene rings is 1. The van der Waals surface area contributed by atoms with Crippen molar-refractivity contribution < 1.29 is 19.5 Å². The lowest BCUT2D eigenvalue weighted by atomic mass is 9.72. The smallest absolute Gasteiger partial charge is 0.327 e. The first kappa shape index (κ1) is 39.4. The number of hydrogen-bond acceptors (Lipinski definition) is 8. The number of thiophene rings is 1. The second-order valence-corrected chi connectivity index (χ2v) is 17.2. The zero-order valence-corrected chi connectivity index (χ0v) is 32.7. The van der Waals surface area contributed by atoms with E-state index in [0.717, 1.165) is 52.5 Å². The molecule has 1 unspecified atom stereocenters. The average Bonchev–Trinajstić information content (AvgIpc) is 3.64. The highest BCUT2D eigenvalue weighted by molar-refractivity contribution is 7.14. The van der Waals surface area contributed by atoms with Crippen LogP contribution in [-0.2, 0) is 21.4 Å². The average molecular weight is 731 g/mol. The van der Waals surface area contributed by atoms with Crippen LogP contribution in [0.5, 0.6) is 0 Å². The third-order valence-electron chi connectivity index (χ3n) is 10.8. The SMILES string of the molecule is CCCC1CCC(C2CCN(c3cnc(-c4ccc(C[C@H](NC(=O)c5ccc(C(C)(C)C)s5)C(=O)NC(CN(C)C)C(=O)O)cc4)nc3)CC2)CC1. The Kier molecular flexibility index (Phi) is 13.5. The number of piperidine rings is 1. The second kappa shape index (κ2) is 17.8. The zero-order valence-electron chi connectivity index (χ0n) is 31.9. The molecule has 1 aromatic carbocycles. The van der Waals surface area contributed by atoms with Gasteiger partial charge in [-0.1, -0.05) is 77.6 Å². The van der Waals surface area contributed by atoms with Crippen LogP contribution in [0.25, 0.3) is 11.4 Å². The summed E-state index contributed by atoms with van der Waals surface area (Å²) in [6.45, 7) is 10.8. The minimum absolute atomic E-state index is 0.115. The Bertz CT molecular complexity index is 1620. The van der Waals surface area contributed by atoms with Gasteiger partial charge in [0, 0.05) is 36.5 Å². The Labute approximate surface area is 313 Å². The van der Waals surface area contributed by atoms with Gasteiger partial charge in [-0.05, 0) is 80.6 Å². The van der Waals surface area contributed by atoms with Gasteiger partial charge < -0.3 is 25.5 Å². The number of rotatable bonds is 14. The summed E-state index contributed by atoms with van der Waals surface area (Å²) in [6, 6.07) is 9.23. The lowest BCUT2D eigenvalue weighted by Crippen LogP contribution is -2.54. The van der Waals surface area contributed by atoms with Crippen LogP contribution in [0, 0.1) is 17.8 Å². The molecule has 2 fully saturated rings. The summed E-state index contributed by atoms with van der Waals surface area (Å²) in [7, 11) is 3.48. The van der Waals surface area contributed by atoms with E-state index in [9.17, 15) is 19.5 Å². The standard InChI is InChI=1S/C41H58N6O4S/c1-7-8-27-9-13-29(14-10-27)30-19-21-47(22-20-30)32-24-42-37(43-25-32)31-15-11-28(12-16-31)23-33(38(48)45-34(40(50)51)26-46(5)6)44-39(49)35-17-18-36(52-35)41(2,3)4/h11-12,15-18,24-25,27,29-30,33-34H,7-10,13-14,19-23,26H2,1-6H3,(H,44,49)(H,45,48)(H,50,51)/t27?,29?,33-,34?/m0/s1. The van der Waals surface area contributed by atoms with E-state index in [4.69, 9.17) is 9.97 Å². The number of carboxylic acid groups (broad SMARTS) is 1. The summed E-state index contributed by atoms with van der Waals surface area (Å²) in [5.41, 5.74) is 2.60. The minimum atomic E-state index is -1.14. The molecule has 0 radical (unpaired) electrons. The highest BCUT2D eigenvalue weighted by Crippen LogP contribution is 2.39. The number of amides is 2. The molecule has 1 saturated heterocycles. The molecule has 2 aliphatic rings. The maximum Gasteiger partial charge on any atom is 0.327 e. The van der Waals surface area contributed by atoms with E-state index in [-0.39, 0.29) is 24.3 Å². The van der Waals surface area contributed by atoms with Crippen molar-refractivity contribution in [3.8, 4) is 11.4 Å². The predicted octanol–water partition coefficient (Wildman–Crippen LogP) is 6.80. The van der Waals surface area contributed by atoms with Crippen molar-refractivity contribution in [2.24, 2.45) is 17.8 Å². The molecule has 3 heterocycles. The van der Waals surface area contributed by atoms with E-state index in [1.54, 1.807) is 25.1 Å². The maximum absolute atomic E-state index is 13.5. The molecular formula is C41H58N6O4S. The van der Waals surface area contributed by atoms with Crippen molar-refractivity contribution in [1.29, 1.82) is 0 Å². The van der Waals surface area contributed by atoms with E-state index in [1.165, 1.54) is 62.7 Å². The number of carbonyl (C=O) groups is 3. The highest BCUT2D eigenvalue weighted by atomic mass is 32.1. The van der Waals surface area contributed by atoms with Crippen LogP contribution in [0.1, 0.15) is 99.2 Å². The van der Waals surface area contributed by atoms with Gasteiger partial charge in [0.2, 0.25) is 5.91 Å². The molecule has 5 rings (SSSR count). The van der Waals surface area contributed by atoms with Crippen molar-refractivity contribution >= 4 is 34.8 Å². The van der Waals surface area contributed by atoms with Crippen LogP contribution in [0.15, 0.2) is 48.8 Å². The molecule has 2 amide bonds.